The summed E-state index contributed by atoms with van der Waals surface area (Å²) in [6.07, 6.45) is 0. The number of halogens is 1. The van der Waals surface area contributed by atoms with Crippen molar-refractivity contribution in [3.8, 4) is 0 Å². The molecule has 0 saturated carbocycles. The Morgan fingerprint density at radius 1 is 1.38 bits per heavy atom. The van der Waals surface area contributed by atoms with Gasteiger partial charge in [-0.15, -0.1) is 11.3 Å². The largest absolute Gasteiger partial charge is 0.397 e. The van der Waals surface area contributed by atoms with E-state index in [-0.39, 0.29) is 24.4 Å². The highest BCUT2D eigenvalue weighted by Crippen LogP contribution is 2.35. The standard InChI is InChI=1S/C14H16ClN3O2S/c1-7(2)18-11(19)6-17-14(20)13-12(16)9-5-8(15)3-4-10(9)21-13/h3-5,7H,6,16H2,1-2H3,(H,17,20)(H,18,19). The number of nitrogen functional groups attached to an aromatic ring is 1. The molecule has 1 aromatic carbocycles. The molecule has 21 heavy (non-hydrogen) atoms. The number of carbonyl (C=O) groups excluding carboxylic acids is 2. The third kappa shape index (κ3) is 3.65. The topological polar surface area (TPSA) is 84.2 Å². The average Bonchev–Trinajstić information content (AvgIpc) is 2.73. The molecule has 0 atom stereocenters. The van der Waals surface area contributed by atoms with Crippen LogP contribution >= 0.6 is 22.9 Å². The molecule has 0 bridgehead atoms. The molecular weight excluding hydrogens is 310 g/mol. The summed E-state index contributed by atoms with van der Waals surface area (Å²) >= 11 is 7.21. The minimum atomic E-state index is -0.358. The molecule has 1 heterocycles. The Labute approximate surface area is 131 Å². The van der Waals surface area contributed by atoms with E-state index in [4.69, 9.17) is 17.3 Å². The maximum atomic E-state index is 12.1. The number of carbonyl (C=O) groups is 2. The third-order valence-electron chi connectivity index (χ3n) is 2.75. The molecule has 5 nitrogen and oxygen atoms in total. The monoisotopic (exact) mass is 325 g/mol. The van der Waals surface area contributed by atoms with Gasteiger partial charge in [0.2, 0.25) is 5.91 Å². The van der Waals surface area contributed by atoms with Crippen LogP contribution in [0, 0.1) is 0 Å². The van der Waals surface area contributed by atoms with Gasteiger partial charge in [-0.2, -0.15) is 0 Å². The van der Waals surface area contributed by atoms with Crippen molar-refractivity contribution in [2.24, 2.45) is 0 Å². The van der Waals surface area contributed by atoms with Crippen molar-refractivity contribution in [1.29, 1.82) is 0 Å². The molecule has 2 aromatic rings. The first-order valence-electron chi connectivity index (χ1n) is 6.43. The summed E-state index contributed by atoms with van der Waals surface area (Å²) in [7, 11) is 0. The van der Waals surface area contributed by atoms with Crippen molar-refractivity contribution >= 4 is 50.5 Å². The summed E-state index contributed by atoms with van der Waals surface area (Å²) < 4.78 is 0.883. The number of benzene rings is 1. The molecule has 0 aliphatic heterocycles. The van der Waals surface area contributed by atoms with Crippen LogP contribution in [0.15, 0.2) is 18.2 Å². The Bertz CT molecular complexity index is 697. The molecule has 1 aromatic heterocycles. The summed E-state index contributed by atoms with van der Waals surface area (Å²) in [4.78, 5) is 24.0. The molecule has 0 fully saturated rings. The van der Waals surface area contributed by atoms with E-state index in [1.165, 1.54) is 11.3 Å². The van der Waals surface area contributed by atoms with Crippen molar-refractivity contribution < 1.29 is 9.59 Å². The predicted octanol–water partition coefficient (Wildman–Crippen LogP) is 2.39. The van der Waals surface area contributed by atoms with E-state index in [2.05, 4.69) is 10.6 Å². The number of rotatable bonds is 4. The summed E-state index contributed by atoms with van der Waals surface area (Å²) in [6, 6.07) is 5.33. The van der Waals surface area contributed by atoms with Crippen molar-refractivity contribution in [1.82, 2.24) is 10.6 Å². The molecule has 7 heteroatoms. The van der Waals surface area contributed by atoms with Gasteiger partial charge in [0, 0.05) is 21.2 Å². The zero-order valence-corrected chi connectivity index (χ0v) is 13.3. The van der Waals surface area contributed by atoms with Crippen LogP contribution in [-0.2, 0) is 4.79 Å². The summed E-state index contributed by atoms with van der Waals surface area (Å²) in [6.45, 7) is 3.63. The van der Waals surface area contributed by atoms with Crippen LogP contribution in [-0.4, -0.2) is 24.4 Å². The number of hydrogen-bond donors (Lipinski definition) is 3. The highest BCUT2D eigenvalue weighted by Gasteiger charge is 2.17. The van der Waals surface area contributed by atoms with Crippen molar-refractivity contribution in [3.63, 3.8) is 0 Å². The van der Waals surface area contributed by atoms with Crippen LogP contribution in [0.5, 0.6) is 0 Å². The third-order valence-corrected chi connectivity index (χ3v) is 4.17. The second-order valence-corrected chi connectivity index (χ2v) is 6.38. The molecule has 4 N–H and O–H groups in total. The first-order chi connectivity index (χ1) is 9.88. The summed E-state index contributed by atoms with van der Waals surface area (Å²) in [5, 5.41) is 6.59. The lowest BCUT2D eigenvalue weighted by Gasteiger charge is -2.08. The zero-order valence-electron chi connectivity index (χ0n) is 11.7. The molecule has 0 aliphatic rings. The van der Waals surface area contributed by atoms with Crippen LogP contribution in [0.2, 0.25) is 5.02 Å². The molecule has 2 amide bonds. The molecule has 0 radical (unpaired) electrons. The lowest BCUT2D eigenvalue weighted by molar-refractivity contribution is -0.120. The van der Waals surface area contributed by atoms with Gasteiger partial charge in [0.1, 0.15) is 4.88 Å². The second kappa shape index (κ2) is 6.32. The fourth-order valence-electron chi connectivity index (χ4n) is 1.87. The number of fused-ring (bicyclic) bond motifs is 1. The van der Waals surface area contributed by atoms with Crippen molar-refractivity contribution in [2.45, 2.75) is 19.9 Å². The van der Waals surface area contributed by atoms with Crippen molar-refractivity contribution in [2.75, 3.05) is 12.3 Å². The molecule has 0 aliphatic carbocycles. The SMILES string of the molecule is CC(C)NC(=O)CNC(=O)c1sc2ccc(Cl)cc2c1N. The van der Waals surface area contributed by atoms with E-state index < -0.39 is 0 Å². The maximum Gasteiger partial charge on any atom is 0.263 e. The number of hydrogen-bond acceptors (Lipinski definition) is 4. The fourth-order valence-corrected chi connectivity index (χ4v) is 3.06. The van der Waals surface area contributed by atoms with E-state index >= 15 is 0 Å². The van der Waals surface area contributed by atoms with E-state index in [0.717, 1.165) is 10.1 Å². The lowest BCUT2D eigenvalue weighted by atomic mass is 10.2. The van der Waals surface area contributed by atoms with Gasteiger partial charge < -0.3 is 16.4 Å². The fraction of sp³-hybridized carbons (Fsp3) is 0.286. The minimum absolute atomic E-state index is 0.0333. The smallest absolute Gasteiger partial charge is 0.263 e. The molecular formula is C14H16ClN3O2S. The van der Waals surface area contributed by atoms with Gasteiger partial charge in [0.25, 0.3) is 5.91 Å². The number of nitrogens with one attached hydrogen (secondary N) is 2. The maximum absolute atomic E-state index is 12.1. The summed E-state index contributed by atoms with van der Waals surface area (Å²) in [5.41, 5.74) is 6.37. The van der Waals surface area contributed by atoms with Crippen LogP contribution in [0.3, 0.4) is 0 Å². The molecule has 0 spiro atoms. The number of amides is 2. The van der Waals surface area contributed by atoms with Gasteiger partial charge in [-0.1, -0.05) is 11.6 Å². The van der Waals surface area contributed by atoms with E-state index in [9.17, 15) is 9.59 Å². The quantitative estimate of drug-likeness (QED) is 0.807. The van der Waals surface area contributed by atoms with Gasteiger partial charge >= 0.3 is 0 Å². The van der Waals surface area contributed by atoms with Crippen LogP contribution in [0.4, 0.5) is 5.69 Å². The second-order valence-electron chi connectivity index (χ2n) is 4.89. The molecule has 2 rings (SSSR count). The normalized spacial score (nSPS) is 10.9. The van der Waals surface area contributed by atoms with Gasteiger partial charge in [0.05, 0.1) is 12.2 Å². The van der Waals surface area contributed by atoms with Gasteiger partial charge in [-0.05, 0) is 32.0 Å². The Kier molecular flexibility index (Phi) is 4.69. The van der Waals surface area contributed by atoms with Gasteiger partial charge in [-0.25, -0.2) is 0 Å². The van der Waals surface area contributed by atoms with Crippen molar-refractivity contribution in [3.05, 3.63) is 28.1 Å². The van der Waals surface area contributed by atoms with E-state index in [0.29, 0.717) is 15.6 Å². The Hall–Kier alpha value is -1.79. The Balaban J connectivity index is 2.13. The number of thiophene rings is 1. The predicted molar refractivity (Wildman–Crippen MR) is 86.9 cm³/mol. The number of nitrogens with two attached hydrogens (primary N) is 1. The van der Waals surface area contributed by atoms with Crippen LogP contribution < -0.4 is 16.4 Å². The Morgan fingerprint density at radius 3 is 2.76 bits per heavy atom. The van der Waals surface area contributed by atoms with Crippen LogP contribution in [0.1, 0.15) is 23.5 Å². The van der Waals surface area contributed by atoms with Gasteiger partial charge in [-0.3, -0.25) is 9.59 Å². The number of anilines is 1. The highest BCUT2D eigenvalue weighted by molar-refractivity contribution is 7.21. The van der Waals surface area contributed by atoms with E-state index in [1.807, 2.05) is 19.9 Å². The average molecular weight is 326 g/mol. The van der Waals surface area contributed by atoms with E-state index in [1.54, 1.807) is 12.1 Å². The molecule has 112 valence electrons. The lowest BCUT2D eigenvalue weighted by Crippen LogP contribution is -2.39. The minimum Gasteiger partial charge on any atom is -0.397 e. The first kappa shape index (κ1) is 15.6. The van der Waals surface area contributed by atoms with Gasteiger partial charge in [0.15, 0.2) is 0 Å². The molecule has 0 saturated heterocycles. The zero-order chi connectivity index (χ0) is 15.6. The first-order valence-corrected chi connectivity index (χ1v) is 7.63. The summed E-state index contributed by atoms with van der Waals surface area (Å²) in [5.74, 6) is -0.593. The Morgan fingerprint density at radius 2 is 2.10 bits per heavy atom. The van der Waals surface area contributed by atoms with Crippen LogP contribution in [0.25, 0.3) is 10.1 Å². The highest BCUT2D eigenvalue weighted by atomic mass is 35.5. The molecule has 0 unspecified atom stereocenters.